The number of hydrogen-bond donors (Lipinski definition) is 1. The molecule has 0 radical (unpaired) electrons. The zero-order valence-electron chi connectivity index (χ0n) is 9.50. The van der Waals surface area contributed by atoms with Crippen LogP contribution in [-0.4, -0.2) is 14.8 Å². The summed E-state index contributed by atoms with van der Waals surface area (Å²) in [7, 11) is 0. The van der Waals surface area contributed by atoms with Crippen molar-refractivity contribution in [2.24, 2.45) is 5.73 Å². The molecule has 86 valence electrons. The third kappa shape index (κ3) is 2.31. The lowest BCUT2D eigenvalue weighted by molar-refractivity contribution is 0.493. The molecule has 2 rings (SSSR count). The SMILES string of the molecule is CC(C)n1ncnc1CC(N)c1ccsc1. The average molecular weight is 236 g/mol. The van der Waals surface area contributed by atoms with E-state index in [0.717, 1.165) is 12.2 Å². The molecule has 0 aliphatic heterocycles. The maximum atomic E-state index is 6.13. The first-order valence-electron chi connectivity index (χ1n) is 5.34. The van der Waals surface area contributed by atoms with Gasteiger partial charge in [0.05, 0.1) is 0 Å². The van der Waals surface area contributed by atoms with Gasteiger partial charge in [0.2, 0.25) is 0 Å². The average Bonchev–Trinajstić information content (AvgIpc) is 2.86. The molecule has 2 aromatic heterocycles. The first kappa shape index (κ1) is 11.3. The topological polar surface area (TPSA) is 56.7 Å². The zero-order valence-corrected chi connectivity index (χ0v) is 10.3. The van der Waals surface area contributed by atoms with Gasteiger partial charge in [0, 0.05) is 18.5 Å². The Hall–Kier alpha value is -1.20. The van der Waals surface area contributed by atoms with E-state index in [1.807, 2.05) is 10.1 Å². The number of hydrogen-bond acceptors (Lipinski definition) is 4. The molecule has 1 unspecified atom stereocenters. The smallest absolute Gasteiger partial charge is 0.138 e. The molecule has 0 aliphatic carbocycles. The summed E-state index contributed by atoms with van der Waals surface area (Å²) in [5, 5.41) is 8.33. The minimum Gasteiger partial charge on any atom is -0.324 e. The van der Waals surface area contributed by atoms with Crippen LogP contribution in [0.1, 0.15) is 37.3 Å². The molecule has 2 heterocycles. The summed E-state index contributed by atoms with van der Waals surface area (Å²) in [5.41, 5.74) is 7.29. The molecule has 0 bridgehead atoms. The van der Waals surface area contributed by atoms with Gasteiger partial charge in [-0.25, -0.2) is 9.67 Å². The Morgan fingerprint density at radius 1 is 1.50 bits per heavy atom. The van der Waals surface area contributed by atoms with Crippen LogP contribution >= 0.6 is 11.3 Å². The molecule has 0 spiro atoms. The van der Waals surface area contributed by atoms with Crippen molar-refractivity contribution < 1.29 is 0 Å². The van der Waals surface area contributed by atoms with Gasteiger partial charge in [0.1, 0.15) is 12.2 Å². The maximum absolute atomic E-state index is 6.13. The number of nitrogens with zero attached hydrogens (tertiary/aromatic N) is 3. The van der Waals surface area contributed by atoms with Gasteiger partial charge in [-0.15, -0.1) is 0 Å². The van der Waals surface area contributed by atoms with Crippen molar-refractivity contribution in [1.82, 2.24) is 14.8 Å². The summed E-state index contributed by atoms with van der Waals surface area (Å²) in [6.45, 7) is 4.18. The molecule has 16 heavy (non-hydrogen) atoms. The van der Waals surface area contributed by atoms with Crippen LogP contribution in [0.2, 0.25) is 0 Å². The lowest BCUT2D eigenvalue weighted by atomic mass is 10.1. The Morgan fingerprint density at radius 2 is 2.31 bits per heavy atom. The molecule has 2 aromatic rings. The molecule has 0 fully saturated rings. The Labute approximate surface area is 99.1 Å². The Morgan fingerprint density at radius 3 is 2.94 bits per heavy atom. The van der Waals surface area contributed by atoms with Crippen LogP contribution in [-0.2, 0) is 6.42 Å². The van der Waals surface area contributed by atoms with Crippen molar-refractivity contribution in [3.05, 3.63) is 34.5 Å². The minimum atomic E-state index is 0.00736. The molecule has 0 amide bonds. The standard InChI is InChI=1S/C11H16N4S/c1-8(2)15-11(13-7-14-15)5-10(12)9-3-4-16-6-9/h3-4,6-8,10H,5,12H2,1-2H3. The monoisotopic (exact) mass is 236 g/mol. The van der Waals surface area contributed by atoms with Gasteiger partial charge in [0.25, 0.3) is 0 Å². The number of nitrogens with two attached hydrogens (primary N) is 1. The van der Waals surface area contributed by atoms with Gasteiger partial charge in [0.15, 0.2) is 0 Å². The molecule has 0 saturated heterocycles. The van der Waals surface area contributed by atoms with Gasteiger partial charge in [-0.3, -0.25) is 0 Å². The summed E-state index contributed by atoms with van der Waals surface area (Å²) < 4.78 is 1.92. The van der Waals surface area contributed by atoms with Gasteiger partial charge in [-0.1, -0.05) is 0 Å². The second kappa shape index (κ2) is 4.76. The first-order chi connectivity index (χ1) is 7.68. The summed E-state index contributed by atoms with van der Waals surface area (Å²) in [5.74, 6) is 0.953. The summed E-state index contributed by atoms with van der Waals surface area (Å²) >= 11 is 1.67. The highest BCUT2D eigenvalue weighted by Gasteiger charge is 2.13. The first-order valence-corrected chi connectivity index (χ1v) is 6.29. The van der Waals surface area contributed by atoms with Crippen LogP contribution in [0.3, 0.4) is 0 Å². The number of thiophene rings is 1. The van der Waals surface area contributed by atoms with Crippen molar-refractivity contribution in [2.75, 3.05) is 0 Å². The molecular weight excluding hydrogens is 220 g/mol. The maximum Gasteiger partial charge on any atom is 0.138 e. The fourth-order valence-electron chi connectivity index (χ4n) is 1.65. The van der Waals surface area contributed by atoms with Gasteiger partial charge >= 0.3 is 0 Å². The largest absolute Gasteiger partial charge is 0.324 e. The van der Waals surface area contributed by atoms with Crippen molar-refractivity contribution in [1.29, 1.82) is 0 Å². The van der Waals surface area contributed by atoms with Gasteiger partial charge in [-0.2, -0.15) is 16.4 Å². The van der Waals surface area contributed by atoms with Crippen molar-refractivity contribution >= 4 is 11.3 Å². The van der Waals surface area contributed by atoms with Crippen molar-refractivity contribution in [2.45, 2.75) is 32.4 Å². The predicted octanol–water partition coefficient (Wildman–Crippen LogP) is 2.16. The zero-order chi connectivity index (χ0) is 11.5. The normalized spacial score (nSPS) is 13.2. The second-order valence-corrected chi connectivity index (χ2v) is 4.86. The van der Waals surface area contributed by atoms with E-state index in [2.05, 4.69) is 35.4 Å². The Bertz CT molecular complexity index is 433. The summed E-state index contributed by atoms with van der Waals surface area (Å²) in [6.07, 6.45) is 2.32. The highest BCUT2D eigenvalue weighted by molar-refractivity contribution is 7.07. The van der Waals surface area contributed by atoms with Crippen LogP contribution in [0.25, 0.3) is 0 Å². The van der Waals surface area contributed by atoms with E-state index in [1.165, 1.54) is 5.56 Å². The van der Waals surface area contributed by atoms with E-state index in [1.54, 1.807) is 17.7 Å². The summed E-state index contributed by atoms with van der Waals surface area (Å²) in [4.78, 5) is 4.26. The molecule has 0 aromatic carbocycles. The van der Waals surface area contributed by atoms with Gasteiger partial charge in [-0.05, 0) is 36.2 Å². The molecular formula is C11H16N4S. The molecule has 4 nitrogen and oxygen atoms in total. The molecule has 0 saturated carbocycles. The third-order valence-electron chi connectivity index (χ3n) is 2.51. The number of rotatable bonds is 4. The van der Waals surface area contributed by atoms with Crippen molar-refractivity contribution in [3.63, 3.8) is 0 Å². The Balaban J connectivity index is 2.12. The van der Waals surface area contributed by atoms with Crippen LogP contribution in [0, 0.1) is 0 Å². The fourth-order valence-corrected chi connectivity index (χ4v) is 2.38. The molecule has 5 heteroatoms. The quantitative estimate of drug-likeness (QED) is 0.885. The van der Waals surface area contributed by atoms with Crippen molar-refractivity contribution in [3.8, 4) is 0 Å². The predicted molar refractivity (Wildman–Crippen MR) is 65.4 cm³/mol. The van der Waals surface area contributed by atoms with E-state index >= 15 is 0 Å². The van der Waals surface area contributed by atoms with E-state index in [4.69, 9.17) is 5.73 Å². The van der Waals surface area contributed by atoms with E-state index in [-0.39, 0.29) is 6.04 Å². The van der Waals surface area contributed by atoms with E-state index in [9.17, 15) is 0 Å². The van der Waals surface area contributed by atoms with E-state index < -0.39 is 0 Å². The fraction of sp³-hybridized carbons (Fsp3) is 0.455. The van der Waals surface area contributed by atoms with Crippen LogP contribution in [0.15, 0.2) is 23.2 Å². The Kier molecular flexibility index (Phi) is 3.36. The summed E-state index contributed by atoms with van der Waals surface area (Å²) in [6, 6.07) is 2.39. The van der Waals surface area contributed by atoms with E-state index in [0.29, 0.717) is 6.04 Å². The van der Waals surface area contributed by atoms with Gasteiger partial charge < -0.3 is 5.73 Å². The second-order valence-electron chi connectivity index (χ2n) is 4.08. The third-order valence-corrected chi connectivity index (χ3v) is 3.21. The lowest BCUT2D eigenvalue weighted by Gasteiger charge is -2.12. The van der Waals surface area contributed by atoms with Crippen LogP contribution in [0.5, 0.6) is 0 Å². The molecule has 0 aliphatic rings. The molecule has 2 N–H and O–H groups in total. The molecule has 1 atom stereocenters. The van der Waals surface area contributed by atoms with Crippen LogP contribution < -0.4 is 5.73 Å². The number of aromatic nitrogens is 3. The highest BCUT2D eigenvalue weighted by Crippen LogP contribution is 2.18. The minimum absolute atomic E-state index is 0.00736. The highest BCUT2D eigenvalue weighted by atomic mass is 32.1. The lowest BCUT2D eigenvalue weighted by Crippen LogP contribution is -2.17. The van der Waals surface area contributed by atoms with Crippen LogP contribution in [0.4, 0.5) is 0 Å².